The summed E-state index contributed by atoms with van der Waals surface area (Å²) in [5, 5.41) is 28.1. The zero-order valence-corrected chi connectivity index (χ0v) is 13.5. The van der Waals surface area contributed by atoms with Gasteiger partial charge in [-0.05, 0) is 41.5 Å². The number of nitrogen functional groups attached to an aromatic ring is 1. The van der Waals surface area contributed by atoms with E-state index in [1.807, 2.05) is 0 Å². The Morgan fingerprint density at radius 2 is 1.72 bits per heavy atom. The van der Waals surface area contributed by atoms with Crippen LogP contribution >= 0.6 is 0 Å². The van der Waals surface area contributed by atoms with Gasteiger partial charge in [0, 0.05) is 12.6 Å². The minimum atomic E-state index is -0.258. The van der Waals surface area contributed by atoms with E-state index >= 15 is 0 Å². The molecule has 132 valence electrons. The number of nitrogens with one attached hydrogen (secondary N) is 1. The van der Waals surface area contributed by atoms with Crippen molar-refractivity contribution < 1.29 is 25.1 Å². The zero-order chi connectivity index (χ0) is 18.2. The molecule has 5 N–H and O–H groups in total. The number of nitrogens with zero attached hydrogens (tertiary/aromatic N) is 2. The smallest absolute Gasteiger partial charge is 0.221 e. The first-order valence-electron chi connectivity index (χ1n) is 7.26. The van der Waals surface area contributed by atoms with E-state index in [-0.39, 0.29) is 19.1 Å². The van der Waals surface area contributed by atoms with Crippen LogP contribution in [-0.4, -0.2) is 16.4 Å². The van der Waals surface area contributed by atoms with Crippen molar-refractivity contribution in [2.75, 3.05) is 11.1 Å². The number of carbonyl (C=O) groups excluding carboxylic acids is 1. The highest BCUT2D eigenvalue weighted by Crippen LogP contribution is 2.29. The van der Waals surface area contributed by atoms with Crippen molar-refractivity contribution in [3.63, 3.8) is 0 Å². The Kier molecular flexibility index (Phi) is 6.54. The van der Waals surface area contributed by atoms with Crippen molar-refractivity contribution in [3.05, 3.63) is 47.5 Å². The summed E-state index contributed by atoms with van der Waals surface area (Å²) in [7, 11) is 0. The first-order valence-corrected chi connectivity index (χ1v) is 7.26. The molecule has 2 aromatic rings. The fraction of sp³-hybridized carbons (Fsp3) is 0.188. The topological polar surface area (TPSA) is 139 Å². The number of anilines is 2. The largest absolute Gasteiger partial charge is 0.399 e. The van der Waals surface area contributed by atoms with Crippen LogP contribution in [0.5, 0.6) is 0 Å². The fourth-order valence-electron chi connectivity index (χ4n) is 2.16. The third-order valence-electron chi connectivity index (χ3n) is 3.10. The molecule has 2 aromatic carbocycles. The Hall–Kier alpha value is -2.85. The second-order valence-corrected chi connectivity index (χ2v) is 5.21. The molecule has 0 unspecified atom stereocenters. The molecule has 0 spiro atoms. The summed E-state index contributed by atoms with van der Waals surface area (Å²) in [5.74, 6) is -0.258. The molecule has 0 atom stereocenters. The summed E-state index contributed by atoms with van der Waals surface area (Å²) in [6.45, 7) is 1.27. The average Bonchev–Trinajstić information content (AvgIpc) is 2.54. The fourth-order valence-corrected chi connectivity index (χ4v) is 2.16. The van der Waals surface area contributed by atoms with Gasteiger partial charge in [0.05, 0.1) is 11.4 Å². The van der Waals surface area contributed by atoms with Crippen LogP contribution < -0.4 is 11.1 Å². The first-order chi connectivity index (χ1) is 12.0. The Bertz CT molecular complexity index is 755. The van der Waals surface area contributed by atoms with E-state index in [0.29, 0.717) is 33.9 Å². The Morgan fingerprint density at radius 1 is 1.08 bits per heavy atom. The maximum Gasteiger partial charge on any atom is 0.221 e. The van der Waals surface area contributed by atoms with Gasteiger partial charge < -0.3 is 11.1 Å². The lowest BCUT2D eigenvalue weighted by atomic mass is 10.1. The molecule has 0 saturated carbocycles. The van der Waals surface area contributed by atoms with Crippen molar-refractivity contribution in [1.29, 1.82) is 0 Å². The maximum absolute atomic E-state index is 11.3. The Labute approximate surface area is 143 Å². The van der Waals surface area contributed by atoms with Gasteiger partial charge in [0.15, 0.2) is 0 Å². The number of hydrogen-bond donors (Lipinski definition) is 4. The normalized spacial score (nSPS) is 11.0. The molecule has 0 bridgehead atoms. The number of hydrogen-bond acceptors (Lipinski definition) is 8. The second kappa shape index (κ2) is 8.85. The van der Waals surface area contributed by atoms with E-state index in [2.05, 4.69) is 25.3 Å². The quantitative estimate of drug-likeness (QED) is 0.261. The number of benzene rings is 2. The van der Waals surface area contributed by atoms with E-state index in [1.54, 1.807) is 36.4 Å². The predicted octanol–water partition coefficient (Wildman–Crippen LogP) is 3.62. The van der Waals surface area contributed by atoms with Gasteiger partial charge in [-0.3, -0.25) is 15.3 Å². The summed E-state index contributed by atoms with van der Waals surface area (Å²) < 4.78 is 0. The van der Waals surface area contributed by atoms with E-state index < -0.39 is 0 Å². The van der Waals surface area contributed by atoms with Gasteiger partial charge in [-0.2, -0.15) is 5.11 Å². The van der Waals surface area contributed by atoms with Crippen LogP contribution in [-0.2, 0) is 27.8 Å². The molecule has 0 radical (unpaired) electrons. The van der Waals surface area contributed by atoms with Crippen LogP contribution in [0.25, 0.3) is 0 Å². The minimum absolute atomic E-state index is 0.0548. The van der Waals surface area contributed by atoms with Gasteiger partial charge in [-0.25, -0.2) is 9.78 Å². The number of carbonyl (C=O) groups is 1. The highest BCUT2D eigenvalue weighted by molar-refractivity contribution is 5.92. The lowest BCUT2D eigenvalue weighted by Crippen LogP contribution is -2.06. The predicted molar refractivity (Wildman–Crippen MR) is 90.6 cm³/mol. The third kappa shape index (κ3) is 5.62. The number of amides is 1. The monoisotopic (exact) mass is 346 g/mol. The molecule has 0 aliphatic rings. The molecule has 0 heterocycles. The Balaban J connectivity index is 2.33. The molecule has 9 nitrogen and oxygen atoms in total. The minimum Gasteiger partial charge on any atom is -0.399 e. The van der Waals surface area contributed by atoms with Gasteiger partial charge in [-0.15, -0.1) is 5.11 Å². The van der Waals surface area contributed by atoms with Gasteiger partial charge in [0.1, 0.15) is 18.9 Å². The van der Waals surface area contributed by atoms with E-state index in [1.165, 1.54) is 6.92 Å². The molecular formula is C16H18N4O5. The van der Waals surface area contributed by atoms with Gasteiger partial charge in [0.25, 0.3) is 0 Å². The molecule has 0 saturated heterocycles. The maximum atomic E-state index is 11.3. The molecule has 1 amide bonds. The average molecular weight is 346 g/mol. The summed E-state index contributed by atoms with van der Waals surface area (Å²) in [6, 6.07) is 9.82. The lowest BCUT2D eigenvalue weighted by molar-refractivity contribution is -0.254. The highest BCUT2D eigenvalue weighted by Gasteiger charge is 2.06. The van der Waals surface area contributed by atoms with Gasteiger partial charge in [0.2, 0.25) is 5.91 Å². The highest BCUT2D eigenvalue weighted by atomic mass is 17.1. The molecule has 2 rings (SSSR count). The molecule has 9 heteroatoms. The molecule has 25 heavy (non-hydrogen) atoms. The van der Waals surface area contributed by atoms with Gasteiger partial charge >= 0.3 is 0 Å². The second-order valence-electron chi connectivity index (χ2n) is 5.21. The van der Waals surface area contributed by atoms with Crippen LogP contribution in [0.3, 0.4) is 0 Å². The number of nitrogens with two attached hydrogens (primary N) is 1. The van der Waals surface area contributed by atoms with Crippen LogP contribution in [0.1, 0.15) is 18.1 Å². The van der Waals surface area contributed by atoms with Crippen LogP contribution in [0, 0.1) is 0 Å². The zero-order valence-electron chi connectivity index (χ0n) is 13.5. The molecule has 0 aliphatic carbocycles. The van der Waals surface area contributed by atoms with Crippen LogP contribution in [0.15, 0.2) is 46.6 Å². The van der Waals surface area contributed by atoms with Crippen LogP contribution in [0.2, 0.25) is 0 Å². The third-order valence-corrected chi connectivity index (χ3v) is 3.10. The molecular weight excluding hydrogens is 328 g/mol. The standard InChI is InChI=1S/C16H18N4O5/c1-10(21)18-16-7-13(17)2-3-15(16)20-19-14-5-11(8-24-22)4-12(6-14)9-25-23/h2-7,22-23H,8-9,17H2,1H3,(H,18,21). The molecule has 0 aromatic heterocycles. The van der Waals surface area contributed by atoms with E-state index in [0.717, 1.165) is 0 Å². The summed E-state index contributed by atoms with van der Waals surface area (Å²) in [5.41, 5.74) is 8.74. The summed E-state index contributed by atoms with van der Waals surface area (Å²) >= 11 is 0. The first kappa shape index (κ1) is 18.5. The lowest BCUT2D eigenvalue weighted by Gasteiger charge is -2.07. The Morgan fingerprint density at radius 3 is 2.28 bits per heavy atom. The van der Waals surface area contributed by atoms with Gasteiger partial charge in [-0.1, -0.05) is 6.07 Å². The number of rotatable bonds is 7. The van der Waals surface area contributed by atoms with Crippen molar-refractivity contribution in [2.45, 2.75) is 20.1 Å². The summed E-state index contributed by atoms with van der Waals surface area (Å²) in [4.78, 5) is 19.5. The van der Waals surface area contributed by atoms with E-state index in [9.17, 15) is 4.79 Å². The summed E-state index contributed by atoms with van der Waals surface area (Å²) in [6.07, 6.45) is 0. The van der Waals surface area contributed by atoms with Crippen molar-refractivity contribution in [1.82, 2.24) is 0 Å². The molecule has 0 aliphatic heterocycles. The van der Waals surface area contributed by atoms with E-state index in [4.69, 9.17) is 16.2 Å². The van der Waals surface area contributed by atoms with Crippen molar-refractivity contribution in [2.24, 2.45) is 10.2 Å². The number of azo groups is 1. The van der Waals surface area contributed by atoms with Crippen LogP contribution in [0.4, 0.5) is 22.7 Å². The SMILES string of the molecule is CC(=O)Nc1cc(N)ccc1N=Nc1cc(COO)cc(COO)c1. The molecule has 0 fully saturated rings. The van der Waals surface area contributed by atoms with Crippen molar-refractivity contribution >= 4 is 28.7 Å². The van der Waals surface area contributed by atoms with Crippen molar-refractivity contribution in [3.8, 4) is 0 Å².